The van der Waals surface area contributed by atoms with E-state index in [-0.39, 0.29) is 5.91 Å². The van der Waals surface area contributed by atoms with Gasteiger partial charge in [-0.1, -0.05) is 48.5 Å². The van der Waals surface area contributed by atoms with Gasteiger partial charge in [-0.15, -0.1) is 0 Å². The van der Waals surface area contributed by atoms with Crippen LogP contribution in [0.3, 0.4) is 0 Å². The standard InChI is InChI=1S/C19H17BrN2O/c20-17-15-8-4-5-9-16(15)21-18(17)19(23)22(14-10-11-14)12-13-6-2-1-3-7-13/h1-9,14,21H,10-12H2. The quantitative estimate of drug-likeness (QED) is 0.709. The Morgan fingerprint density at radius 1 is 1.09 bits per heavy atom. The number of amides is 1. The molecule has 1 heterocycles. The Labute approximate surface area is 143 Å². The molecule has 1 aromatic heterocycles. The number of H-pyrrole nitrogens is 1. The monoisotopic (exact) mass is 368 g/mol. The second-order valence-electron chi connectivity index (χ2n) is 6.01. The average molecular weight is 369 g/mol. The zero-order chi connectivity index (χ0) is 15.8. The molecule has 23 heavy (non-hydrogen) atoms. The highest BCUT2D eigenvalue weighted by molar-refractivity contribution is 9.10. The molecule has 4 heteroatoms. The number of halogens is 1. The Bertz CT molecular complexity index is 852. The molecule has 0 unspecified atom stereocenters. The van der Waals surface area contributed by atoms with E-state index in [0.29, 0.717) is 18.3 Å². The van der Waals surface area contributed by atoms with Gasteiger partial charge in [0.25, 0.3) is 5.91 Å². The molecule has 1 fully saturated rings. The number of nitrogens with one attached hydrogen (secondary N) is 1. The first-order valence-corrected chi connectivity index (χ1v) is 8.64. The van der Waals surface area contributed by atoms with Crippen molar-refractivity contribution in [2.24, 2.45) is 0 Å². The molecule has 0 atom stereocenters. The van der Waals surface area contributed by atoms with E-state index in [1.807, 2.05) is 47.4 Å². The van der Waals surface area contributed by atoms with Crippen molar-refractivity contribution in [3.63, 3.8) is 0 Å². The molecule has 3 aromatic rings. The average Bonchev–Trinajstić information content (AvgIpc) is 3.37. The lowest BCUT2D eigenvalue weighted by Crippen LogP contribution is -2.33. The largest absolute Gasteiger partial charge is 0.350 e. The van der Waals surface area contributed by atoms with Gasteiger partial charge in [-0.05, 0) is 40.4 Å². The summed E-state index contributed by atoms with van der Waals surface area (Å²) in [7, 11) is 0. The number of hydrogen-bond donors (Lipinski definition) is 1. The van der Waals surface area contributed by atoms with Crippen LogP contribution in [-0.4, -0.2) is 21.8 Å². The Morgan fingerprint density at radius 3 is 2.48 bits per heavy atom. The molecule has 2 aromatic carbocycles. The van der Waals surface area contributed by atoms with Gasteiger partial charge in [-0.2, -0.15) is 0 Å². The highest BCUT2D eigenvalue weighted by atomic mass is 79.9. The van der Waals surface area contributed by atoms with Gasteiger partial charge in [-0.25, -0.2) is 0 Å². The highest BCUT2D eigenvalue weighted by Crippen LogP contribution is 2.33. The number of carbonyl (C=O) groups is 1. The van der Waals surface area contributed by atoms with Crippen LogP contribution in [0.1, 0.15) is 28.9 Å². The van der Waals surface area contributed by atoms with E-state index in [1.165, 1.54) is 5.56 Å². The smallest absolute Gasteiger partial charge is 0.272 e. The molecular weight excluding hydrogens is 352 g/mol. The van der Waals surface area contributed by atoms with Gasteiger partial charge in [0, 0.05) is 23.5 Å². The predicted octanol–water partition coefficient (Wildman–Crippen LogP) is 4.74. The van der Waals surface area contributed by atoms with Crippen LogP contribution in [0.4, 0.5) is 0 Å². The Morgan fingerprint density at radius 2 is 1.78 bits per heavy atom. The SMILES string of the molecule is O=C(c1[nH]c2ccccc2c1Br)N(Cc1ccccc1)C1CC1. The maximum absolute atomic E-state index is 13.1. The van der Waals surface area contributed by atoms with Crippen LogP contribution in [0.2, 0.25) is 0 Å². The Kier molecular flexibility index (Phi) is 3.69. The molecule has 1 aliphatic carbocycles. The third-order valence-electron chi connectivity index (χ3n) is 4.30. The minimum absolute atomic E-state index is 0.0689. The van der Waals surface area contributed by atoms with Gasteiger partial charge in [0.1, 0.15) is 5.69 Å². The highest BCUT2D eigenvalue weighted by Gasteiger charge is 2.34. The first-order valence-electron chi connectivity index (χ1n) is 7.85. The molecule has 1 aliphatic rings. The lowest BCUT2D eigenvalue weighted by molar-refractivity contribution is 0.0724. The zero-order valence-corrected chi connectivity index (χ0v) is 14.2. The van der Waals surface area contributed by atoms with Crippen molar-refractivity contribution in [1.82, 2.24) is 9.88 Å². The normalized spacial score (nSPS) is 14.1. The summed E-state index contributed by atoms with van der Waals surface area (Å²) in [4.78, 5) is 18.4. The van der Waals surface area contributed by atoms with Crippen LogP contribution in [-0.2, 0) is 6.54 Å². The molecule has 0 aliphatic heterocycles. The van der Waals surface area contributed by atoms with Crippen LogP contribution in [0.25, 0.3) is 10.9 Å². The number of aromatic nitrogens is 1. The zero-order valence-electron chi connectivity index (χ0n) is 12.6. The Balaban J connectivity index is 1.68. The molecule has 4 rings (SSSR count). The second kappa shape index (κ2) is 5.85. The summed E-state index contributed by atoms with van der Waals surface area (Å²) < 4.78 is 0.858. The van der Waals surface area contributed by atoms with E-state index in [9.17, 15) is 4.79 Å². The van der Waals surface area contributed by atoms with E-state index < -0.39 is 0 Å². The summed E-state index contributed by atoms with van der Waals surface area (Å²) in [5.74, 6) is 0.0689. The number of benzene rings is 2. The number of rotatable bonds is 4. The first kappa shape index (κ1) is 14.5. The summed E-state index contributed by atoms with van der Waals surface area (Å²) >= 11 is 3.60. The van der Waals surface area contributed by atoms with E-state index in [1.54, 1.807) is 0 Å². The van der Waals surface area contributed by atoms with Crippen molar-refractivity contribution in [3.8, 4) is 0 Å². The molecule has 1 saturated carbocycles. The third kappa shape index (κ3) is 2.79. The predicted molar refractivity (Wildman–Crippen MR) is 95.3 cm³/mol. The van der Waals surface area contributed by atoms with Crippen LogP contribution in [0, 0.1) is 0 Å². The topological polar surface area (TPSA) is 36.1 Å². The molecule has 0 radical (unpaired) electrons. The van der Waals surface area contributed by atoms with E-state index in [2.05, 4.69) is 33.0 Å². The van der Waals surface area contributed by atoms with Crippen LogP contribution < -0.4 is 0 Å². The number of carbonyl (C=O) groups excluding carboxylic acids is 1. The molecule has 116 valence electrons. The summed E-state index contributed by atoms with van der Waals surface area (Å²) in [6.07, 6.45) is 2.19. The minimum Gasteiger partial charge on any atom is -0.350 e. The fourth-order valence-corrected chi connectivity index (χ4v) is 3.55. The number of para-hydroxylation sites is 1. The van der Waals surface area contributed by atoms with Crippen molar-refractivity contribution in [2.45, 2.75) is 25.4 Å². The molecular formula is C19H17BrN2O. The van der Waals surface area contributed by atoms with Crippen LogP contribution in [0.15, 0.2) is 59.1 Å². The first-order chi connectivity index (χ1) is 11.2. The van der Waals surface area contributed by atoms with Crippen LogP contribution in [0.5, 0.6) is 0 Å². The second-order valence-corrected chi connectivity index (χ2v) is 6.80. The fraction of sp³-hybridized carbons (Fsp3) is 0.211. The lowest BCUT2D eigenvalue weighted by Gasteiger charge is -2.22. The summed E-state index contributed by atoms with van der Waals surface area (Å²) in [5.41, 5.74) is 2.80. The van der Waals surface area contributed by atoms with Gasteiger partial charge in [-0.3, -0.25) is 4.79 Å². The van der Waals surface area contributed by atoms with Crippen LogP contribution >= 0.6 is 15.9 Å². The Hall–Kier alpha value is -2.07. The molecule has 3 nitrogen and oxygen atoms in total. The van der Waals surface area contributed by atoms with Gasteiger partial charge in [0.15, 0.2) is 0 Å². The van der Waals surface area contributed by atoms with Gasteiger partial charge < -0.3 is 9.88 Å². The van der Waals surface area contributed by atoms with E-state index in [0.717, 1.165) is 28.2 Å². The van der Waals surface area contributed by atoms with Gasteiger partial charge in [0.05, 0.1) is 4.47 Å². The summed E-state index contributed by atoms with van der Waals surface area (Å²) in [6, 6.07) is 18.5. The lowest BCUT2D eigenvalue weighted by atomic mass is 10.2. The molecule has 1 N–H and O–H groups in total. The van der Waals surface area contributed by atoms with Gasteiger partial charge >= 0.3 is 0 Å². The number of nitrogens with zero attached hydrogens (tertiary/aromatic N) is 1. The summed E-state index contributed by atoms with van der Waals surface area (Å²) in [5, 5.41) is 1.05. The van der Waals surface area contributed by atoms with Crippen molar-refractivity contribution >= 4 is 32.7 Å². The number of hydrogen-bond acceptors (Lipinski definition) is 1. The number of aromatic amines is 1. The van der Waals surface area contributed by atoms with Crippen molar-refractivity contribution in [2.75, 3.05) is 0 Å². The molecule has 1 amide bonds. The molecule has 0 bridgehead atoms. The maximum atomic E-state index is 13.1. The maximum Gasteiger partial charge on any atom is 0.272 e. The third-order valence-corrected chi connectivity index (χ3v) is 5.12. The van der Waals surface area contributed by atoms with Gasteiger partial charge in [0.2, 0.25) is 0 Å². The minimum atomic E-state index is 0.0689. The summed E-state index contributed by atoms with van der Waals surface area (Å²) in [6.45, 7) is 0.659. The van der Waals surface area contributed by atoms with Crippen molar-refractivity contribution < 1.29 is 4.79 Å². The molecule has 0 saturated heterocycles. The molecule has 0 spiro atoms. The fourth-order valence-electron chi connectivity index (χ4n) is 2.93. The van der Waals surface area contributed by atoms with Crippen molar-refractivity contribution in [1.29, 1.82) is 0 Å². The van der Waals surface area contributed by atoms with E-state index >= 15 is 0 Å². The van der Waals surface area contributed by atoms with E-state index in [4.69, 9.17) is 0 Å². The van der Waals surface area contributed by atoms with Crippen molar-refractivity contribution in [3.05, 3.63) is 70.3 Å². The number of fused-ring (bicyclic) bond motifs is 1.